The van der Waals surface area contributed by atoms with Crippen molar-refractivity contribution in [1.29, 1.82) is 0 Å². The maximum atomic E-state index is 13.1. The molecule has 0 bridgehead atoms. The number of ether oxygens (including phenoxy) is 1. The molecule has 1 aromatic rings. The lowest BCUT2D eigenvalue weighted by Crippen LogP contribution is -2.27. The first-order valence-corrected chi connectivity index (χ1v) is 6.63. The molecule has 1 aromatic carbocycles. The lowest BCUT2D eigenvalue weighted by Gasteiger charge is -2.32. The zero-order chi connectivity index (χ0) is 14.0. The van der Waals surface area contributed by atoms with Gasteiger partial charge in [0, 0.05) is 18.4 Å². The highest BCUT2D eigenvalue weighted by Gasteiger charge is 2.38. The van der Waals surface area contributed by atoms with Crippen molar-refractivity contribution in [2.45, 2.75) is 44.6 Å². The fourth-order valence-electron chi connectivity index (χ4n) is 2.72. The summed E-state index contributed by atoms with van der Waals surface area (Å²) in [6, 6.07) is 5.59. The molecule has 1 aliphatic rings. The number of rotatable bonds is 3. The smallest absolute Gasteiger partial charge is 0.248 e. The van der Waals surface area contributed by atoms with E-state index in [0.29, 0.717) is 24.2 Å². The highest BCUT2D eigenvalue weighted by Crippen LogP contribution is 2.43. The molecule has 0 heterocycles. The molecule has 1 atom stereocenters. The Labute approximate surface area is 112 Å². The van der Waals surface area contributed by atoms with Crippen LogP contribution in [0.2, 0.25) is 0 Å². The van der Waals surface area contributed by atoms with Crippen LogP contribution in [-0.2, 0) is 0 Å². The van der Waals surface area contributed by atoms with Crippen LogP contribution in [0.25, 0.3) is 0 Å². The fraction of sp³-hybridized carbons (Fsp3) is 0.600. The van der Waals surface area contributed by atoms with Gasteiger partial charge in [-0.25, -0.2) is 8.78 Å². The quantitative estimate of drug-likeness (QED) is 0.903. The van der Waals surface area contributed by atoms with E-state index in [1.807, 2.05) is 25.1 Å². The van der Waals surface area contributed by atoms with Crippen LogP contribution >= 0.6 is 0 Å². The van der Waals surface area contributed by atoms with Crippen molar-refractivity contribution in [1.82, 2.24) is 0 Å². The number of aliphatic hydroxyl groups excluding tert-OH is 1. The van der Waals surface area contributed by atoms with Gasteiger partial charge in [0.2, 0.25) is 5.92 Å². The van der Waals surface area contributed by atoms with E-state index in [1.165, 1.54) is 0 Å². The summed E-state index contributed by atoms with van der Waals surface area (Å²) in [4.78, 5) is 0. The average Bonchev–Trinajstić information content (AvgIpc) is 2.38. The predicted octanol–water partition coefficient (Wildman–Crippen LogP) is 3.86. The Balaban J connectivity index is 2.16. The fourth-order valence-corrected chi connectivity index (χ4v) is 2.72. The number of hydrogen-bond acceptors (Lipinski definition) is 2. The van der Waals surface area contributed by atoms with E-state index in [2.05, 4.69) is 0 Å². The first-order valence-electron chi connectivity index (χ1n) is 6.63. The van der Waals surface area contributed by atoms with E-state index in [-0.39, 0.29) is 18.8 Å². The topological polar surface area (TPSA) is 29.5 Å². The molecule has 1 aliphatic carbocycles. The molecule has 2 rings (SSSR count). The van der Waals surface area contributed by atoms with Gasteiger partial charge >= 0.3 is 0 Å². The Bertz CT molecular complexity index is 436. The van der Waals surface area contributed by atoms with E-state index >= 15 is 0 Å². The Morgan fingerprint density at radius 2 is 1.95 bits per heavy atom. The standard InChI is InChI=1S/C15H20F2O2/c1-10-3-4-13(19-2)12(9-10)14(18)11-5-7-15(16,17)8-6-11/h3-4,9,11,14,18H,5-8H2,1-2H3. The summed E-state index contributed by atoms with van der Waals surface area (Å²) in [5.41, 5.74) is 1.73. The molecule has 0 aliphatic heterocycles. The molecule has 0 radical (unpaired) electrons. The zero-order valence-corrected chi connectivity index (χ0v) is 11.3. The molecule has 0 amide bonds. The number of methoxy groups -OCH3 is 1. The second-order valence-corrected chi connectivity index (χ2v) is 5.38. The third-order valence-electron chi connectivity index (χ3n) is 3.91. The summed E-state index contributed by atoms with van der Waals surface area (Å²) in [7, 11) is 1.55. The maximum Gasteiger partial charge on any atom is 0.248 e. The van der Waals surface area contributed by atoms with Crippen LogP contribution in [-0.4, -0.2) is 18.1 Å². The number of aliphatic hydroxyl groups is 1. The van der Waals surface area contributed by atoms with Gasteiger partial charge in [0.15, 0.2) is 0 Å². The van der Waals surface area contributed by atoms with Gasteiger partial charge < -0.3 is 9.84 Å². The van der Waals surface area contributed by atoms with Gasteiger partial charge in [-0.15, -0.1) is 0 Å². The van der Waals surface area contributed by atoms with Crippen LogP contribution in [0.4, 0.5) is 8.78 Å². The van der Waals surface area contributed by atoms with E-state index in [0.717, 1.165) is 5.56 Å². The second-order valence-electron chi connectivity index (χ2n) is 5.38. The first-order chi connectivity index (χ1) is 8.93. The van der Waals surface area contributed by atoms with Crippen LogP contribution in [0.3, 0.4) is 0 Å². The van der Waals surface area contributed by atoms with Crippen molar-refractivity contribution in [2.24, 2.45) is 5.92 Å². The molecule has 0 aromatic heterocycles. The lowest BCUT2D eigenvalue weighted by atomic mass is 9.80. The Kier molecular flexibility index (Phi) is 4.09. The summed E-state index contributed by atoms with van der Waals surface area (Å²) < 4.78 is 31.5. The van der Waals surface area contributed by atoms with Crippen LogP contribution in [0.5, 0.6) is 5.75 Å². The second kappa shape index (κ2) is 5.45. The van der Waals surface area contributed by atoms with Crippen LogP contribution < -0.4 is 4.74 Å². The minimum absolute atomic E-state index is 0.115. The predicted molar refractivity (Wildman–Crippen MR) is 69.6 cm³/mol. The minimum Gasteiger partial charge on any atom is -0.496 e. The van der Waals surface area contributed by atoms with Gasteiger partial charge in [-0.05, 0) is 37.8 Å². The van der Waals surface area contributed by atoms with Gasteiger partial charge in [0.05, 0.1) is 13.2 Å². The van der Waals surface area contributed by atoms with Gasteiger partial charge in [0.25, 0.3) is 0 Å². The third-order valence-corrected chi connectivity index (χ3v) is 3.91. The number of halogens is 2. The molecule has 2 nitrogen and oxygen atoms in total. The SMILES string of the molecule is COc1ccc(C)cc1C(O)C1CCC(F)(F)CC1. The first kappa shape index (κ1) is 14.3. The summed E-state index contributed by atoms with van der Waals surface area (Å²) in [6.07, 6.45) is -0.298. The molecule has 4 heteroatoms. The van der Waals surface area contributed by atoms with Gasteiger partial charge in [-0.2, -0.15) is 0 Å². The molecule has 1 N–H and O–H groups in total. The third kappa shape index (κ3) is 3.24. The van der Waals surface area contributed by atoms with Gasteiger partial charge in [-0.1, -0.05) is 11.6 Å². The molecule has 1 fully saturated rings. The molecule has 1 saturated carbocycles. The Morgan fingerprint density at radius 1 is 1.32 bits per heavy atom. The van der Waals surface area contributed by atoms with Crippen LogP contribution in [0.15, 0.2) is 18.2 Å². The van der Waals surface area contributed by atoms with E-state index in [9.17, 15) is 13.9 Å². The molecule has 0 saturated heterocycles. The van der Waals surface area contributed by atoms with E-state index < -0.39 is 12.0 Å². The Morgan fingerprint density at radius 3 is 2.53 bits per heavy atom. The minimum atomic E-state index is -2.56. The van der Waals surface area contributed by atoms with E-state index in [4.69, 9.17) is 4.74 Å². The number of benzene rings is 1. The highest BCUT2D eigenvalue weighted by atomic mass is 19.3. The molecule has 106 valence electrons. The Hall–Kier alpha value is -1.16. The van der Waals surface area contributed by atoms with Crippen LogP contribution in [0.1, 0.15) is 42.9 Å². The molecule has 19 heavy (non-hydrogen) atoms. The van der Waals surface area contributed by atoms with Crippen molar-refractivity contribution in [3.8, 4) is 5.75 Å². The zero-order valence-electron chi connectivity index (χ0n) is 11.3. The van der Waals surface area contributed by atoms with E-state index in [1.54, 1.807) is 7.11 Å². The number of hydrogen-bond donors (Lipinski definition) is 1. The summed E-state index contributed by atoms with van der Waals surface area (Å²) in [6.45, 7) is 1.94. The van der Waals surface area contributed by atoms with Gasteiger partial charge in [-0.3, -0.25) is 0 Å². The maximum absolute atomic E-state index is 13.1. The lowest BCUT2D eigenvalue weighted by molar-refractivity contribution is -0.0629. The molecule has 0 spiro atoms. The summed E-state index contributed by atoms with van der Waals surface area (Å²) in [5, 5.41) is 10.4. The van der Waals surface area contributed by atoms with Crippen molar-refractivity contribution in [3.63, 3.8) is 0 Å². The molecular formula is C15H20F2O2. The van der Waals surface area contributed by atoms with Gasteiger partial charge in [0.1, 0.15) is 5.75 Å². The largest absolute Gasteiger partial charge is 0.496 e. The summed E-state index contributed by atoms with van der Waals surface area (Å²) >= 11 is 0. The van der Waals surface area contributed by atoms with Crippen molar-refractivity contribution in [3.05, 3.63) is 29.3 Å². The van der Waals surface area contributed by atoms with Crippen molar-refractivity contribution in [2.75, 3.05) is 7.11 Å². The number of alkyl halides is 2. The average molecular weight is 270 g/mol. The summed E-state index contributed by atoms with van der Waals surface area (Å²) in [5.74, 6) is -2.06. The van der Waals surface area contributed by atoms with Crippen molar-refractivity contribution < 1.29 is 18.6 Å². The van der Waals surface area contributed by atoms with Crippen molar-refractivity contribution >= 4 is 0 Å². The molecular weight excluding hydrogens is 250 g/mol. The highest BCUT2D eigenvalue weighted by molar-refractivity contribution is 5.38. The number of aryl methyl sites for hydroxylation is 1. The normalized spacial score (nSPS) is 21.1. The molecule has 1 unspecified atom stereocenters. The van der Waals surface area contributed by atoms with Crippen LogP contribution in [0, 0.1) is 12.8 Å². The monoisotopic (exact) mass is 270 g/mol.